The first-order valence-electron chi connectivity index (χ1n) is 8.13. The Morgan fingerprint density at radius 3 is 2.83 bits per heavy atom. The molecule has 124 valence electrons. The molecule has 2 aromatic heterocycles. The first kappa shape index (κ1) is 15.8. The van der Waals surface area contributed by atoms with Crippen LogP contribution < -0.4 is 4.90 Å². The van der Waals surface area contributed by atoms with Crippen molar-refractivity contribution < 1.29 is 5.11 Å². The molecule has 0 spiro atoms. The van der Waals surface area contributed by atoms with Gasteiger partial charge in [-0.05, 0) is 37.0 Å². The zero-order chi connectivity index (χ0) is 16.5. The van der Waals surface area contributed by atoms with Crippen molar-refractivity contribution in [1.82, 2.24) is 9.97 Å². The summed E-state index contributed by atoms with van der Waals surface area (Å²) in [5, 5.41) is 13.7. The van der Waals surface area contributed by atoms with Gasteiger partial charge >= 0.3 is 0 Å². The van der Waals surface area contributed by atoms with E-state index < -0.39 is 0 Å². The summed E-state index contributed by atoms with van der Waals surface area (Å²) < 4.78 is 0. The van der Waals surface area contributed by atoms with Crippen LogP contribution in [-0.4, -0.2) is 34.3 Å². The normalized spacial score (nSPS) is 18.2. The average Bonchev–Trinajstić information content (AvgIpc) is 3.06. The maximum absolute atomic E-state index is 9.77. The summed E-state index contributed by atoms with van der Waals surface area (Å²) in [7, 11) is 0. The molecule has 0 aliphatic carbocycles. The number of benzene rings is 1. The number of aliphatic hydroxyl groups is 1. The van der Waals surface area contributed by atoms with E-state index in [-0.39, 0.29) is 12.6 Å². The van der Waals surface area contributed by atoms with Gasteiger partial charge in [0.25, 0.3) is 0 Å². The Balaban J connectivity index is 1.87. The number of nitrogens with zero attached hydrogens (tertiary/aromatic N) is 3. The van der Waals surface area contributed by atoms with Crippen LogP contribution >= 0.6 is 22.9 Å². The average molecular weight is 360 g/mol. The van der Waals surface area contributed by atoms with Crippen LogP contribution in [0.15, 0.2) is 36.0 Å². The molecule has 1 aliphatic rings. The van der Waals surface area contributed by atoms with E-state index in [2.05, 4.69) is 20.2 Å². The van der Waals surface area contributed by atoms with Gasteiger partial charge in [-0.15, -0.1) is 11.3 Å². The first-order chi connectivity index (χ1) is 11.8. The highest BCUT2D eigenvalue weighted by molar-refractivity contribution is 7.17. The van der Waals surface area contributed by atoms with E-state index in [1.54, 1.807) is 17.7 Å². The maximum atomic E-state index is 9.77. The minimum atomic E-state index is 0.134. The van der Waals surface area contributed by atoms with Gasteiger partial charge in [-0.2, -0.15) is 0 Å². The van der Waals surface area contributed by atoms with Crippen molar-refractivity contribution in [1.29, 1.82) is 0 Å². The van der Waals surface area contributed by atoms with Gasteiger partial charge in [-0.1, -0.05) is 23.7 Å². The fourth-order valence-electron chi connectivity index (χ4n) is 3.39. The van der Waals surface area contributed by atoms with Crippen molar-refractivity contribution >= 4 is 39.0 Å². The van der Waals surface area contributed by atoms with Gasteiger partial charge in [0.1, 0.15) is 17.0 Å². The molecule has 3 heterocycles. The third-order valence-electron chi connectivity index (χ3n) is 4.62. The summed E-state index contributed by atoms with van der Waals surface area (Å²) in [6, 6.07) is 8.00. The number of halogens is 1. The summed E-state index contributed by atoms with van der Waals surface area (Å²) in [4.78, 5) is 12.3. The Morgan fingerprint density at radius 1 is 1.21 bits per heavy atom. The third-order valence-corrected chi connectivity index (χ3v) is 5.75. The lowest BCUT2D eigenvalue weighted by molar-refractivity contribution is 0.239. The van der Waals surface area contributed by atoms with E-state index >= 15 is 0 Å². The van der Waals surface area contributed by atoms with Crippen LogP contribution in [-0.2, 0) is 0 Å². The van der Waals surface area contributed by atoms with Crippen molar-refractivity contribution in [3.63, 3.8) is 0 Å². The van der Waals surface area contributed by atoms with Crippen molar-refractivity contribution in [3.8, 4) is 11.1 Å². The minimum absolute atomic E-state index is 0.134. The molecular weight excluding hydrogens is 342 g/mol. The molecule has 1 N–H and O–H groups in total. The van der Waals surface area contributed by atoms with Crippen molar-refractivity contribution in [2.75, 3.05) is 18.1 Å². The number of aliphatic hydroxyl groups excluding tert-OH is 1. The summed E-state index contributed by atoms with van der Waals surface area (Å²) in [5.74, 6) is 0.935. The molecule has 0 radical (unpaired) electrons. The van der Waals surface area contributed by atoms with Crippen LogP contribution in [0.1, 0.15) is 19.3 Å². The van der Waals surface area contributed by atoms with E-state index in [9.17, 15) is 5.11 Å². The summed E-state index contributed by atoms with van der Waals surface area (Å²) >= 11 is 7.65. The van der Waals surface area contributed by atoms with E-state index in [1.165, 1.54) is 0 Å². The SMILES string of the molecule is OC[C@H]1CCCCN1c1ncnc2scc(-c3ccc(Cl)cc3)c12. The summed E-state index contributed by atoms with van der Waals surface area (Å²) in [6.07, 6.45) is 4.91. The zero-order valence-electron chi connectivity index (χ0n) is 13.2. The van der Waals surface area contributed by atoms with Gasteiger partial charge in [0.2, 0.25) is 0 Å². The molecule has 1 aromatic carbocycles. The quantitative estimate of drug-likeness (QED) is 0.754. The number of aromatic nitrogens is 2. The number of hydrogen-bond donors (Lipinski definition) is 1. The maximum Gasteiger partial charge on any atom is 0.141 e. The Bertz CT molecular complexity index is 849. The van der Waals surface area contributed by atoms with E-state index in [4.69, 9.17) is 11.6 Å². The standard InChI is InChI=1S/C18H18ClN3OS/c19-13-6-4-12(5-7-13)15-10-24-18-16(15)17(20-11-21-18)22-8-2-1-3-14(22)9-23/h4-7,10-11,14,23H,1-3,8-9H2/t14-/m1/s1. The summed E-state index contributed by atoms with van der Waals surface area (Å²) in [6.45, 7) is 1.08. The predicted molar refractivity (Wildman–Crippen MR) is 99.9 cm³/mol. The van der Waals surface area contributed by atoms with Crippen LogP contribution in [0.3, 0.4) is 0 Å². The lowest BCUT2D eigenvalue weighted by Gasteiger charge is -2.36. The first-order valence-corrected chi connectivity index (χ1v) is 9.39. The predicted octanol–water partition coefficient (Wildman–Crippen LogP) is 4.36. The molecular formula is C18H18ClN3OS. The molecule has 0 amide bonds. The lowest BCUT2D eigenvalue weighted by Crippen LogP contribution is -2.42. The number of hydrogen-bond acceptors (Lipinski definition) is 5. The topological polar surface area (TPSA) is 49.2 Å². The molecule has 4 nitrogen and oxygen atoms in total. The van der Waals surface area contributed by atoms with Gasteiger partial charge in [0.15, 0.2) is 0 Å². The van der Waals surface area contributed by atoms with Gasteiger partial charge in [0, 0.05) is 22.5 Å². The van der Waals surface area contributed by atoms with Crippen molar-refractivity contribution in [3.05, 3.63) is 41.0 Å². The monoisotopic (exact) mass is 359 g/mol. The Morgan fingerprint density at radius 2 is 2.04 bits per heavy atom. The van der Waals surface area contributed by atoms with Crippen molar-refractivity contribution in [2.24, 2.45) is 0 Å². The summed E-state index contributed by atoms with van der Waals surface area (Å²) in [5.41, 5.74) is 2.24. The fourth-order valence-corrected chi connectivity index (χ4v) is 4.42. The third kappa shape index (κ3) is 2.77. The molecule has 3 aromatic rings. The smallest absolute Gasteiger partial charge is 0.141 e. The van der Waals surface area contributed by atoms with Gasteiger partial charge < -0.3 is 10.0 Å². The highest BCUT2D eigenvalue weighted by atomic mass is 35.5. The second-order valence-corrected chi connectivity index (χ2v) is 7.35. The molecule has 0 unspecified atom stereocenters. The van der Waals surface area contributed by atoms with Gasteiger partial charge in [0.05, 0.1) is 18.0 Å². The number of thiophene rings is 1. The molecule has 4 rings (SSSR count). The Kier molecular flexibility index (Phi) is 4.39. The highest BCUT2D eigenvalue weighted by Crippen LogP contribution is 2.39. The largest absolute Gasteiger partial charge is 0.394 e. The zero-order valence-corrected chi connectivity index (χ0v) is 14.7. The van der Waals surface area contributed by atoms with Gasteiger partial charge in [-0.3, -0.25) is 0 Å². The number of rotatable bonds is 3. The highest BCUT2D eigenvalue weighted by Gasteiger charge is 2.26. The Labute approximate surface area is 149 Å². The van der Waals surface area contributed by atoms with Crippen LogP contribution in [0.5, 0.6) is 0 Å². The Hall–Kier alpha value is -1.69. The molecule has 1 atom stereocenters. The van der Waals surface area contributed by atoms with E-state index in [1.807, 2.05) is 24.3 Å². The molecule has 1 aliphatic heterocycles. The number of fused-ring (bicyclic) bond motifs is 1. The molecule has 1 saturated heterocycles. The molecule has 0 saturated carbocycles. The van der Waals surface area contributed by atoms with Gasteiger partial charge in [-0.25, -0.2) is 9.97 Å². The van der Waals surface area contributed by atoms with Crippen LogP contribution in [0, 0.1) is 0 Å². The molecule has 0 bridgehead atoms. The second-order valence-electron chi connectivity index (χ2n) is 6.06. The molecule has 24 heavy (non-hydrogen) atoms. The van der Waals surface area contributed by atoms with E-state index in [0.717, 1.165) is 58.0 Å². The van der Waals surface area contributed by atoms with Crippen LogP contribution in [0.2, 0.25) is 5.02 Å². The lowest BCUT2D eigenvalue weighted by atomic mass is 10.0. The minimum Gasteiger partial charge on any atom is -0.394 e. The number of piperidine rings is 1. The second kappa shape index (κ2) is 6.67. The molecule has 1 fully saturated rings. The van der Waals surface area contributed by atoms with Crippen LogP contribution in [0.4, 0.5) is 5.82 Å². The van der Waals surface area contributed by atoms with Crippen molar-refractivity contribution in [2.45, 2.75) is 25.3 Å². The van der Waals surface area contributed by atoms with Crippen LogP contribution in [0.25, 0.3) is 21.3 Å². The molecule has 6 heteroatoms. The fraction of sp³-hybridized carbons (Fsp3) is 0.333. The number of anilines is 1. The van der Waals surface area contributed by atoms with E-state index in [0.29, 0.717) is 0 Å².